The van der Waals surface area contributed by atoms with E-state index in [2.05, 4.69) is 5.32 Å². The van der Waals surface area contributed by atoms with Crippen LogP contribution in [0.5, 0.6) is 0 Å². The first-order chi connectivity index (χ1) is 8.97. The molecule has 2 nitrogen and oxygen atoms in total. The van der Waals surface area contributed by atoms with Gasteiger partial charge in [-0.25, -0.2) is 0 Å². The number of hydrogen-bond donors (Lipinski definition) is 1. The normalized spacial score (nSPS) is 28.6. The highest BCUT2D eigenvalue weighted by Gasteiger charge is 2.53. The van der Waals surface area contributed by atoms with E-state index in [9.17, 15) is 13.2 Å². The van der Waals surface area contributed by atoms with Crippen molar-refractivity contribution in [2.75, 3.05) is 26.2 Å². The zero-order chi connectivity index (χ0) is 13.5. The van der Waals surface area contributed by atoms with Crippen molar-refractivity contribution in [1.82, 2.24) is 10.2 Å². The molecule has 3 rings (SSSR count). The Labute approximate surface area is 112 Å². The third-order valence-corrected chi connectivity index (χ3v) is 5.07. The molecule has 110 valence electrons. The van der Waals surface area contributed by atoms with Crippen molar-refractivity contribution < 1.29 is 13.2 Å². The topological polar surface area (TPSA) is 15.3 Å². The van der Waals surface area contributed by atoms with Crippen LogP contribution in [-0.4, -0.2) is 43.3 Å². The summed E-state index contributed by atoms with van der Waals surface area (Å²) in [5.74, 6) is 0.949. The number of nitrogens with one attached hydrogen (secondary N) is 1. The molecule has 1 heterocycles. The number of likely N-dealkylation sites (tertiary alicyclic amines) is 1. The zero-order valence-corrected chi connectivity index (χ0v) is 11.3. The molecule has 5 heteroatoms. The second-order valence-corrected chi connectivity index (χ2v) is 6.68. The summed E-state index contributed by atoms with van der Waals surface area (Å²) in [6.45, 7) is 1.51. The average Bonchev–Trinajstić information content (AvgIpc) is 3.19. The summed E-state index contributed by atoms with van der Waals surface area (Å²) in [5.41, 5.74) is 0.586. The molecule has 3 fully saturated rings. The van der Waals surface area contributed by atoms with Crippen molar-refractivity contribution >= 4 is 0 Å². The highest BCUT2D eigenvalue weighted by molar-refractivity contribution is 5.05. The van der Waals surface area contributed by atoms with E-state index in [1.807, 2.05) is 0 Å². The molecular formula is C14H23F3N2. The molecule has 1 saturated heterocycles. The van der Waals surface area contributed by atoms with E-state index in [1.165, 1.54) is 30.6 Å². The second-order valence-electron chi connectivity index (χ2n) is 6.68. The molecule has 0 unspecified atom stereocenters. The van der Waals surface area contributed by atoms with Gasteiger partial charge in [0, 0.05) is 12.6 Å². The van der Waals surface area contributed by atoms with E-state index in [-0.39, 0.29) is 0 Å². The molecule has 2 saturated carbocycles. The van der Waals surface area contributed by atoms with Crippen molar-refractivity contribution in [2.24, 2.45) is 11.3 Å². The van der Waals surface area contributed by atoms with Crippen LogP contribution in [-0.2, 0) is 0 Å². The Hall–Kier alpha value is -0.290. The van der Waals surface area contributed by atoms with Gasteiger partial charge in [-0.05, 0) is 62.9 Å². The monoisotopic (exact) mass is 276 g/mol. The Balaban J connectivity index is 1.36. The second kappa shape index (κ2) is 4.92. The lowest BCUT2D eigenvalue weighted by molar-refractivity contribution is -0.148. The van der Waals surface area contributed by atoms with Crippen molar-refractivity contribution in [3.63, 3.8) is 0 Å². The standard InChI is InChI=1S/C14H23F3N2/c15-14(16,17)10-19-7-3-12(4-8-19)18-9-13(5-6-13)11-1-2-11/h11-12,18H,1-10H2. The lowest BCUT2D eigenvalue weighted by Gasteiger charge is -2.33. The van der Waals surface area contributed by atoms with Crippen LogP contribution in [0.25, 0.3) is 0 Å². The van der Waals surface area contributed by atoms with Crippen LogP contribution in [0.2, 0.25) is 0 Å². The van der Waals surface area contributed by atoms with Gasteiger partial charge in [0.25, 0.3) is 0 Å². The number of halogens is 3. The van der Waals surface area contributed by atoms with Gasteiger partial charge in [0.05, 0.1) is 6.54 Å². The van der Waals surface area contributed by atoms with E-state index in [4.69, 9.17) is 0 Å². The van der Waals surface area contributed by atoms with Gasteiger partial charge in [-0.1, -0.05) is 0 Å². The fourth-order valence-electron chi connectivity index (χ4n) is 3.48. The third-order valence-electron chi connectivity index (χ3n) is 5.07. The number of hydrogen-bond acceptors (Lipinski definition) is 2. The molecule has 2 aliphatic carbocycles. The molecule has 0 aromatic heterocycles. The van der Waals surface area contributed by atoms with Crippen LogP contribution < -0.4 is 5.32 Å². The predicted octanol–water partition coefficient (Wildman–Crippen LogP) is 2.79. The Morgan fingerprint density at radius 2 is 1.68 bits per heavy atom. The molecule has 0 aromatic carbocycles. The quantitative estimate of drug-likeness (QED) is 0.830. The molecule has 0 spiro atoms. The van der Waals surface area contributed by atoms with Gasteiger partial charge in [-0.2, -0.15) is 13.2 Å². The van der Waals surface area contributed by atoms with Crippen molar-refractivity contribution in [2.45, 2.75) is 50.7 Å². The van der Waals surface area contributed by atoms with Gasteiger partial charge in [-0.3, -0.25) is 4.90 Å². The highest BCUT2D eigenvalue weighted by atomic mass is 19.4. The van der Waals surface area contributed by atoms with Gasteiger partial charge in [0.1, 0.15) is 0 Å². The van der Waals surface area contributed by atoms with Crippen molar-refractivity contribution in [3.05, 3.63) is 0 Å². The number of piperidine rings is 1. The predicted molar refractivity (Wildman–Crippen MR) is 67.9 cm³/mol. The Bertz CT molecular complexity index is 313. The summed E-state index contributed by atoms with van der Waals surface area (Å²) < 4.78 is 36.9. The minimum absolute atomic E-state index is 0.431. The molecule has 1 N–H and O–H groups in total. The zero-order valence-electron chi connectivity index (χ0n) is 11.3. The van der Waals surface area contributed by atoms with Crippen LogP contribution >= 0.6 is 0 Å². The van der Waals surface area contributed by atoms with Gasteiger partial charge in [0.15, 0.2) is 0 Å². The van der Waals surface area contributed by atoms with E-state index >= 15 is 0 Å². The van der Waals surface area contributed by atoms with Crippen molar-refractivity contribution in [3.8, 4) is 0 Å². The summed E-state index contributed by atoms with van der Waals surface area (Å²) in [4.78, 5) is 1.53. The maximum atomic E-state index is 12.3. The van der Waals surface area contributed by atoms with Crippen molar-refractivity contribution in [1.29, 1.82) is 0 Å². The molecule has 1 aliphatic heterocycles. The molecule has 0 atom stereocenters. The summed E-state index contributed by atoms with van der Waals surface area (Å²) in [7, 11) is 0. The van der Waals surface area contributed by atoms with E-state index in [1.54, 1.807) is 0 Å². The van der Waals surface area contributed by atoms with E-state index < -0.39 is 12.7 Å². The molecule has 0 bridgehead atoms. The maximum Gasteiger partial charge on any atom is 0.401 e. The minimum atomic E-state index is -4.05. The van der Waals surface area contributed by atoms with Crippen LogP contribution in [0, 0.1) is 11.3 Å². The summed E-state index contributed by atoms with van der Waals surface area (Å²) in [5, 5.41) is 3.62. The molecule has 0 aromatic rings. The molecule has 19 heavy (non-hydrogen) atoms. The van der Waals surface area contributed by atoms with Gasteiger partial charge < -0.3 is 5.32 Å². The maximum absolute atomic E-state index is 12.3. The minimum Gasteiger partial charge on any atom is -0.313 e. The summed E-state index contributed by atoms with van der Waals surface area (Å²) in [6, 6.07) is 0.431. The average molecular weight is 276 g/mol. The first kappa shape index (κ1) is 13.7. The molecular weight excluding hydrogens is 253 g/mol. The first-order valence-corrected chi connectivity index (χ1v) is 7.49. The number of alkyl halides is 3. The summed E-state index contributed by atoms with van der Waals surface area (Å²) in [6.07, 6.45) is 3.17. The van der Waals surface area contributed by atoms with Crippen LogP contribution in [0.15, 0.2) is 0 Å². The van der Waals surface area contributed by atoms with Gasteiger partial charge in [-0.15, -0.1) is 0 Å². The SMILES string of the molecule is FC(F)(F)CN1CCC(NCC2(C3CC3)CC2)CC1. The first-order valence-electron chi connectivity index (χ1n) is 7.49. The smallest absolute Gasteiger partial charge is 0.313 e. The molecule has 0 radical (unpaired) electrons. The fraction of sp³-hybridized carbons (Fsp3) is 1.00. The number of rotatable bonds is 5. The fourth-order valence-corrected chi connectivity index (χ4v) is 3.48. The Morgan fingerprint density at radius 3 is 2.16 bits per heavy atom. The van der Waals surface area contributed by atoms with Crippen LogP contribution in [0.3, 0.4) is 0 Å². The lowest BCUT2D eigenvalue weighted by atomic mass is 9.98. The van der Waals surface area contributed by atoms with Crippen LogP contribution in [0.1, 0.15) is 38.5 Å². The van der Waals surface area contributed by atoms with E-state index in [0.717, 1.165) is 25.3 Å². The molecule has 0 amide bonds. The number of nitrogens with zero attached hydrogens (tertiary/aromatic N) is 1. The van der Waals surface area contributed by atoms with Gasteiger partial charge >= 0.3 is 6.18 Å². The third kappa shape index (κ3) is 3.63. The lowest BCUT2D eigenvalue weighted by Crippen LogP contribution is -2.46. The Kier molecular flexibility index (Phi) is 3.54. The van der Waals surface area contributed by atoms with Gasteiger partial charge in [0.2, 0.25) is 0 Å². The molecule has 3 aliphatic rings. The van der Waals surface area contributed by atoms with Crippen LogP contribution in [0.4, 0.5) is 13.2 Å². The Morgan fingerprint density at radius 1 is 1.05 bits per heavy atom. The summed E-state index contributed by atoms with van der Waals surface area (Å²) >= 11 is 0. The largest absolute Gasteiger partial charge is 0.401 e. The van der Waals surface area contributed by atoms with E-state index in [0.29, 0.717) is 24.5 Å². The highest BCUT2D eigenvalue weighted by Crippen LogP contribution is 2.60.